The van der Waals surface area contributed by atoms with Crippen molar-refractivity contribution < 1.29 is 13.5 Å². The van der Waals surface area contributed by atoms with Crippen LogP contribution in [-0.2, 0) is 16.6 Å². The number of nitrogens with two attached hydrogens (primary N) is 1. The molecule has 2 saturated heterocycles. The zero-order valence-corrected chi connectivity index (χ0v) is 14.2. The Morgan fingerprint density at radius 1 is 1.39 bits per heavy atom. The van der Waals surface area contributed by atoms with Crippen molar-refractivity contribution in [3.05, 3.63) is 23.9 Å². The molecule has 128 valence electrons. The Labute approximate surface area is 137 Å². The van der Waals surface area contributed by atoms with Crippen molar-refractivity contribution in [3.8, 4) is 0 Å². The normalized spacial score (nSPS) is 30.1. The lowest BCUT2D eigenvalue weighted by Crippen LogP contribution is -2.60. The number of anilines is 1. The van der Waals surface area contributed by atoms with Crippen molar-refractivity contribution >= 4 is 15.8 Å². The van der Waals surface area contributed by atoms with Gasteiger partial charge in [-0.05, 0) is 18.9 Å². The molecular weight excluding hydrogens is 316 g/mol. The van der Waals surface area contributed by atoms with Crippen LogP contribution in [0, 0.1) is 5.92 Å². The molecule has 0 aromatic carbocycles. The zero-order valence-electron chi connectivity index (χ0n) is 13.4. The van der Waals surface area contributed by atoms with Crippen LogP contribution in [0.4, 0.5) is 5.82 Å². The van der Waals surface area contributed by atoms with Gasteiger partial charge in [0.1, 0.15) is 5.82 Å². The standard InChI is InChI=1S/C15H24N4O3S/c1-23(21,22)19-8-5-15(20)4-7-18(10-13(15)11-19)9-12-3-2-6-17-14(12)16/h2-3,6,13,20H,4-5,7-11H2,1H3,(H2,16,17)/t13-,15-/m1/s1. The summed E-state index contributed by atoms with van der Waals surface area (Å²) in [5, 5.41) is 10.8. The lowest BCUT2D eigenvalue weighted by Gasteiger charge is -2.49. The number of nitrogens with zero attached hydrogens (tertiary/aromatic N) is 3. The number of hydrogen-bond acceptors (Lipinski definition) is 6. The molecule has 3 rings (SSSR count). The number of likely N-dealkylation sites (tertiary alicyclic amines) is 1. The summed E-state index contributed by atoms with van der Waals surface area (Å²) >= 11 is 0. The summed E-state index contributed by atoms with van der Waals surface area (Å²) in [4.78, 5) is 6.32. The Balaban J connectivity index is 1.71. The summed E-state index contributed by atoms with van der Waals surface area (Å²) in [6, 6.07) is 3.81. The molecule has 0 amide bonds. The van der Waals surface area contributed by atoms with Gasteiger partial charge in [-0.15, -0.1) is 0 Å². The first-order valence-electron chi connectivity index (χ1n) is 7.87. The Kier molecular flexibility index (Phi) is 4.35. The molecule has 3 N–H and O–H groups in total. The maximum absolute atomic E-state index is 11.8. The summed E-state index contributed by atoms with van der Waals surface area (Å²) in [6.07, 6.45) is 4.07. The second kappa shape index (κ2) is 6.01. The Morgan fingerprint density at radius 3 is 2.83 bits per heavy atom. The number of sulfonamides is 1. The molecule has 0 saturated carbocycles. The molecule has 1 aromatic heterocycles. The van der Waals surface area contributed by atoms with E-state index in [4.69, 9.17) is 5.73 Å². The largest absolute Gasteiger partial charge is 0.389 e. The number of rotatable bonds is 3. The third-order valence-corrected chi connectivity index (χ3v) is 6.38. The lowest BCUT2D eigenvalue weighted by molar-refractivity contribution is -0.102. The molecule has 3 heterocycles. The van der Waals surface area contributed by atoms with Gasteiger partial charge in [-0.3, -0.25) is 4.90 Å². The van der Waals surface area contributed by atoms with Gasteiger partial charge in [0.05, 0.1) is 11.9 Å². The van der Waals surface area contributed by atoms with E-state index in [0.29, 0.717) is 44.8 Å². The SMILES string of the molecule is CS(=O)(=O)N1CC[C@]2(O)CCN(Cc3cccnc3N)C[C@@H]2C1. The molecule has 7 nitrogen and oxygen atoms in total. The van der Waals surface area contributed by atoms with Gasteiger partial charge in [-0.2, -0.15) is 0 Å². The van der Waals surface area contributed by atoms with Crippen LogP contribution < -0.4 is 5.73 Å². The highest BCUT2D eigenvalue weighted by molar-refractivity contribution is 7.88. The Bertz CT molecular complexity index is 681. The highest BCUT2D eigenvalue weighted by atomic mass is 32.2. The average molecular weight is 340 g/mol. The van der Waals surface area contributed by atoms with Gasteiger partial charge in [-0.25, -0.2) is 17.7 Å². The van der Waals surface area contributed by atoms with Crippen molar-refractivity contribution in [2.45, 2.75) is 25.0 Å². The van der Waals surface area contributed by atoms with E-state index in [2.05, 4.69) is 9.88 Å². The molecule has 1 aromatic rings. The van der Waals surface area contributed by atoms with E-state index in [1.807, 2.05) is 12.1 Å². The van der Waals surface area contributed by atoms with E-state index in [1.54, 1.807) is 6.20 Å². The number of fused-ring (bicyclic) bond motifs is 1. The Morgan fingerprint density at radius 2 is 2.13 bits per heavy atom. The van der Waals surface area contributed by atoms with Gasteiger partial charge >= 0.3 is 0 Å². The van der Waals surface area contributed by atoms with Crippen molar-refractivity contribution in [2.24, 2.45) is 5.92 Å². The van der Waals surface area contributed by atoms with Crippen LogP contribution >= 0.6 is 0 Å². The van der Waals surface area contributed by atoms with E-state index in [9.17, 15) is 13.5 Å². The number of aromatic nitrogens is 1. The molecule has 0 spiro atoms. The zero-order chi connectivity index (χ0) is 16.7. The lowest BCUT2D eigenvalue weighted by atomic mass is 9.76. The number of hydrogen-bond donors (Lipinski definition) is 2. The van der Waals surface area contributed by atoms with E-state index >= 15 is 0 Å². The van der Waals surface area contributed by atoms with Gasteiger partial charge in [0.25, 0.3) is 0 Å². The summed E-state index contributed by atoms with van der Waals surface area (Å²) in [6.45, 7) is 2.90. The summed E-state index contributed by atoms with van der Waals surface area (Å²) in [5.74, 6) is 0.451. The molecule has 0 unspecified atom stereocenters. The minimum absolute atomic E-state index is 0.0716. The van der Waals surface area contributed by atoms with Gasteiger partial charge in [0.2, 0.25) is 10.0 Å². The first kappa shape index (κ1) is 16.6. The van der Waals surface area contributed by atoms with Crippen molar-refractivity contribution in [3.63, 3.8) is 0 Å². The fourth-order valence-corrected chi connectivity index (χ4v) is 4.48. The molecule has 2 atom stereocenters. The smallest absolute Gasteiger partial charge is 0.211 e. The molecule has 2 aliphatic heterocycles. The van der Waals surface area contributed by atoms with Crippen LogP contribution in [0.5, 0.6) is 0 Å². The molecular formula is C15H24N4O3S. The minimum atomic E-state index is -3.21. The first-order chi connectivity index (χ1) is 10.8. The number of pyridine rings is 1. The minimum Gasteiger partial charge on any atom is -0.389 e. The van der Waals surface area contributed by atoms with Crippen LogP contribution in [0.1, 0.15) is 18.4 Å². The van der Waals surface area contributed by atoms with E-state index in [1.165, 1.54) is 10.6 Å². The van der Waals surface area contributed by atoms with E-state index in [-0.39, 0.29) is 5.92 Å². The molecule has 2 aliphatic rings. The van der Waals surface area contributed by atoms with E-state index < -0.39 is 15.6 Å². The molecule has 0 bridgehead atoms. The second-order valence-electron chi connectivity index (χ2n) is 6.70. The summed E-state index contributed by atoms with van der Waals surface area (Å²) in [5.41, 5.74) is 6.11. The second-order valence-corrected chi connectivity index (χ2v) is 8.69. The quantitative estimate of drug-likeness (QED) is 0.796. The molecule has 8 heteroatoms. The van der Waals surface area contributed by atoms with Crippen LogP contribution in [-0.4, -0.2) is 65.7 Å². The fraction of sp³-hybridized carbons (Fsp3) is 0.667. The number of piperidine rings is 2. The number of aliphatic hydroxyl groups is 1. The maximum Gasteiger partial charge on any atom is 0.211 e. The fourth-order valence-electron chi connectivity index (χ4n) is 3.61. The van der Waals surface area contributed by atoms with Gasteiger partial charge in [0, 0.05) is 50.4 Å². The van der Waals surface area contributed by atoms with Crippen LogP contribution in [0.15, 0.2) is 18.3 Å². The molecule has 0 radical (unpaired) electrons. The van der Waals surface area contributed by atoms with Crippen LogP contribution in [0.3, 0.4) is 0 Å². The first-order valence-corrected chi connectivity index (χ1v) is 9.72. The van der Waals surface area contributed by atoms with Gasteiger partial charge in [-0.1, -0.05) is 6.07 Å². The van der Waals surface area contributed by atoms with E-state index in [0.717, 1.165) is 12.1 Å². The predicted octanol–water partition coefficient (Wildman–Crippen LogP) is -0.118. The molecule has 0 aliphatic carbocycles. The third kappa shape index (κ3) is 3.50. The van der Waals surface area contributed by atoms with Crippen LogP contribution in [0.25, 0.3) is 0 Å². The van der Waals surface area contributed by atoms with Crippen molar-refractivity contribution in [1.82, 2.24) is 14.2 Å². The predicted molar refractivity (Wildman–Crippen MR) is 88.0 cm³/mol. The van der Waals surface area contributed by atoms with Gasteiger partial charge < -0.3 is 10.8 Å². The Hall–Kier alpha value is -1.22. The average Bonchev–Trinajstić information content (AvgIpc) is 2.48. The van der Waals surface area contributed by atoms with Crippen molar-refractivity contribution in [2.75, 3.05) is 38.2 Å². The monoisotopic (exact) mass is 340 g/mol. The third-order valence-electron chi connectivity index (χ3n) is 5.11. The van der Waals surface area contributed by atoms with Crippen LogP contribution in [0.2, 0.25) is 0 Å². The summed E-state index contributed by atoms with van der Waals surface area (Å²) < 4.78 is 25.1. The highest BCUT2D eigenvalue weighted by Gasteiger charge is 2.46. The molecule has 23 heavy (non-hydrogen) atoms. The molecule has 2 fully saturated rings. The maximum atomic E-state index is 11.8. The number of nitrogen functional groups attached to an aromatic ring is 1. The van der Waals surface area contributed by atoms with Crippen molar-refractivity contribution in [1.29, 1.82) is 0 Å². The summed E-state index contributed by atoms with van der Waals surface area (Å²) in [7, 11) is -3.21. The topological polar surface area (TPSA) is 99.8 Å². The van der Waals surface area contributed by atoms with Gasteiger partial charge in [0.15, 0.2) is 0 Å². The highest BCUT2D eigenvalue weighted by Crippen LogP contribution is 2.36.